The molecule has 7 heteroatoms. The van der Waals surface area contributed by atoms with Gasteiger partial charge in [0.15, 0.2) is 4.67 Å². The van der Waals surface area contributed by atoms with Crippen molar-refractivity contribution in [3.8, 4) is 0 Å². The van der Waals surface area contributed by atoms with E-state index in [1.807, 2.05) is 31.2 Å². The smallest absolute Gasteiger partial charge is 0.269 e. The van der Waals surface area contributed by atoms with E-state index in [1.54, 1.807) is 23.5 Å². The molecule has 0 amide bonds. The van der Waals surface area contributed by atoms with Crippen LogP contribution in [0.25, 0.3) is 10.2 Å². The summed E-state index contributed by atoms with van der Waals surface area (Å²) in [6.07, 6.45) is 0. The fourth-order valence-corrected chi connectivity index (χ4v) is 2.78. The number of aryl methyl sites for hydroxylation is 1. The molecule has 0 aliphatic rings. The fraction of sp³-hybridized carbons (Fsp3) is 0.0667. The number of hydrogen-bond acceptors (Lipinski definition) is 6. The quantitative estimate of drug-likeness (QED) is 0.593. The summed E-state index contributed by atoms with van der Waals surface area (Å²) in [4.78, 5) is 14.7. The van der Waals surface area contributed by atoms with Gasteiger partial charge in [0.25, 0.3) is 5.69 Å². The lowest BCUT2D eigenvalue weighted by Gasteiger charge is -2.01. The van der Waals surface area contributed by atoms with E-state index in [-0.39, 0.29) is 5.69 Å². The number of hydrogen-bond donors (Lipinski definition) is 1. The standard InChI is InChI=1S/C15H12N4O2S/c1-10-15(22-14-5-3-2-4-13(14)16-10)18-17-11-6-8-12(9-7-11)19(20)21/h2-9,17H,1H3/b18-15+. The highest BCUT2D eigenvalue weighted by atomic mass is 32.1. The van der Waals surface area contributed by atoms with Crippen LogP contribution in [0.5, 0.6) is 0 Å². The van der Waals surface area contributed by atoms with E-state index in [0.29, 0.717) is 5.69 Å². The number of fused-ring (bicyclic) bond motifs is 1. The number of rotatable bonds is 3. The maximum atomic E-state index is 10.6. The summed E-state index contributed by atoms with van der Waals surface area (Å²) in [7, 11) is 0. The van der Waals surface area contributed by atoms with Crippen molar-refractivity contribution in [1.82, 2.24) is 4.98 Å². The number of non-ortho nitro benzene ring substituents is 1. The van der Waals surface area contributed by atoms with Gasteiger partial charge in [0.2, 0.25) is 0 Å². The molecule has 0 aliphatic carbocycles. The van der Waals surface area contributed by atoms with Crippen LogP contribution < -0.4 is 10.1 Å². The Balaban J connectivity index is 1.91. The Bertz CT molecular complexity index is 903. The summed E-state index contributed by atoms with van der Waals surface area (Å²) in [5, 5.41) is 15.0. The molecule has 0 radical (unpaired) electrons. The van der Waals surface area contributed by atoms with Crippen molar-refractivity contribution in [3.63, 3.8) is 0 Å². The highest BCUT2D eigenvalue weighted by Crippen LogP contribution is 2.16. The predicted molar refractivity (Wildman–Crippen MR) is 86.6 cm³/mol. The number of nitrogens with zero attached hydrogens (tertiary/aromatic N) is 3. The van der Waals surface area contributed by atoms with Crippen LogP contribution in [-0.2, 0) is 0 Å². The molecule has 0 saturated carbocycles. The Hall–Kier alpha value is -2.80. The summed E-state index contributed by atoms with van der Waals surface area (Å²) in [5.74, 6) is 0. The van der Waals surface area contributed by atoms with Crippen molar-refractivity contribution in [3.05, 3.63) is 69.0 Å². The zero-order valence-electron chi connectivity index (χ0n) is 11.7. The van der Waals surface area contributed by atoms with Crippen LogP contribution in [0, 0.1) is 17.0 Å². The molecule has 1 N–H and O–H groups in total. The molecule has 0 atom stereocenters. The summed E-state index contributed by atoms with van der Waals surface area (Å²) in [6.45, 7) is 1.90. The van der Waals surface area contributed by atoms with Gasteiger partial charge in [0.1, 0.15) is 0 Å². The van der Waals surface area contributed by atoms with Gasteiger partial charge in [-0.15, -0.1) is 11.3 Å². The summed E-state index contributed by atoms with van der Waals surface area (Å²) >= 11 is 1.54. The van der Waals surface area contributed by atoms with Crippen LogP contribution in [0.2, 0.25) is 0 Å². The minimum Gasteiger partial charge on any atom is -0.277 e. The Morgan fingerprint density at radius 3 is 2.64 bits per heavy atom. The summed E-state index contributed by atoms with van der Waals surface area (Å²) < 4.78 is 1.83. The van der Waals surface area contributed by atoms with Crippen LogP contribution in [0.15, 0.2) is 53.6 Å². The summed E-state index contributed by atoms with van der Waals surface area (Å²) in [6, 6.07) is 14.0. The topological polar surface area (TPSA) is 80.4 Å². The average molecular weight is 312 g/mol. The molecular formula is C15H12N4O2S. The molecule has 0 bridgehead atoms. The molecule has 2 aromatic carbocycles. The predicted octanol–water partition coefficient (Wildman–Crippen LogP) is 3.44. The number of aromatic nitrogens is 1. The third-order valence-corrected chi connectivity index (χ3v) is 4.18. The highest BCUT2D eigenvalue weighted by Gasteiger charge is 2.03. The highest BCUT2D eigenvalue weighted by molar-refractivity contribution is 7.16. The number of nitro groups is 1. The van der Waals surface area contributed by atoms with E-state index in [4.69, 9.17) is 0 Å². The second-order valence-corrected chi connectivity index (χ2v) is 5.63. The lowest BCUT2D eigenvalue weighted by atomic mass is 10.3. The molecule has 110 valence electrons. The molecule has 1 aromatic heterocycles. The maximum Gasteiger partial charge on any atom is 0.269 e. The van der Waals surface area contributed by atoms with Crippen molar-refractivity contribution in [2.45, 2.75) is 6.92 Å². The largest absolute Gasteiger partial charge is 0.277 e. The van der Waals surface area contributed by atoms with Crippen LogP contribution in [0.3, 0.4) is 0 Å². The van der Waals surface area contributed by atoms with Crippen molar-refractivity contribution in [2.75, 3.05) is 5.43 Å². The van der Waals surface area contributed by atoms with Gasteiger partial charge in [-0.1, -0.05) is 12.1 Å². The third-order valence-electron chi connectivity index (χ3n) is 3.03. The van der Waals surface area contributed by atoms with Gasteiger partial charge in [0, 0.05) is 12.1 Å². The van der Waals surface area contributed by atoms with Gasteiger partial charge in [0.05, 0.1) is 26.5 Å². The van der Waals surface area contributed by atoms with Crippen LogP contribution in [0.1, 0.15) is 5.69 Å². The minimum absolute atomic E-state index is 0.0527. The van der Waals surface area contributed by atoms with Gasteiger partial charge >= 0.3 is 0 Å². The van der Waals surface area contributed by atoms with E-state index < -0.39 is 4.92 Å². The SMILES string of the molecule is Cc1nc2ccccc2s/c1=N/Nc1ccc([N+](=O)[O-])cc1. The van der Waals surface area contributed by atoms with Gasteiger partial charge in [-0.3, -0.25) is 15.5 Å². The number of para-hydroxylation sites is 1. The first-order valence-electron chi connectivity index (χ1n) is 6.54. The van der Waals surface area contributed by atoms with Crippen molar-refractivity contribution >= 4 is 32.9 Å². The number of anilines is 1. The first kappa shape index (κ1) is 14.2. The molecule has 0 unspecified atom stereocenters. The normalized spacial score (nSPS) is 11.6. The molecule has 0 aliphatic heterocycles. The summed E-state index contributed by atoms with van der Waals surface area (Å²) in [5.41, 5.74) is 5.42. The first-order chi connectivity index (χ1) is 10.6. The van der Waals surface area contributed by atoms with Gasteiger partial charge in [-0.2, -0.15) is 5.10 Å². The maximum absolute atomic E-state index is 10.6. The van der Waals surface area contributed by atoms with Gasteiger partial charge < -0.3 is 0 Å². The Labute approximate surface area is 129 Å². The third kappa shape index (κ3) is 2.94. The molecule has 0 saturated heterocycles. The van der Waals surface area contributed by atoms with Gasteiger partial charge in [-0.25, -0.2) is 4.98 Å². The van der Waals surface area contributed by atoms with Crippen LogP contribution in [-0.4, -0.2) is 9.91 Å². The number of nitro benzene ring substituents is 1. The van der Waals surface area contributed by atoms with E-state index >= 15 is 0 Å². The second kappa shape index (κ2) is 5.90. The lowest BCUT2D eigenvalue weighted by molar-refractivity contribution is -0.384. The Kier molecular flexibility index (Phi) is 3.80. The van der Waals surface area contributed by atoms with Crippen molar-refractivity contribution < 1.29 is 4.92 Å². The molecular weight excluding hydrogens is 300 g/mol. The number of nitrogens with one attached hydrogen (secondary N) is 1. The molecule has 3 rings (SSSR count). The first-order valence-corrected chi connectivity index (χ1v) is 7.36. The van der Waals surface area contributed by atoms with Crippen LogP contribution >= 0.6 is 11.3 Å². The Morgan fingerprint density at radius 2 is 1.91 bits per heavy atom. The molecule has 22 heavy (non-hydrogen) atoms. The minimum atomic E-state index is -0.430. The zero-order valence-corrected chi connectivity index (χ0v) is 12.5. The molecule has 6 nitrogen and oxygen atoms in total. The lowest BCUT2D eigenvalue weighted by Crippen LogP contribution is -2.08. The van der Waals surface area contributed by atoms with Crippen molar-refractivity contribution in [2.24, 2.45) is 5.10 Å². The van der Waals surface area contributed by atoms with E-state index in [2.05, 4.69) is 15.5 Å². The van der Waals surface area contributed by atoms with E-state index in [0.717, 1.165) is 20.6 Å². The van der Waals surface area contributed by atoms with E-state index in [9.17, 15) is 10.1 Å². The molecule has 1 heterocycles. The Morgan fingerprint density at radius 1 is 1.18 bits per heavy atom. The zero-order chi connectivity index (χ0) is 15.5. The molecule has 0 spiro atoms. The fourth-order valence-electron chi connectivity index (χ4n) is 1.92. The molecule has 3 aromatic rings. The van der Waals surface area contributed by atoms with E-state index in [1.165, 1.54) is 12.1 Å². The van der Waals surface area contributed by atoms with Crippen LogP contribution in [0.4, 0.5) is 11.4 Å². The van der Waals surface area contributed by atoms with Gasteiger partial charge in [-0.05, 0) is 31.2 Å². The average Bonchev–Trinajstić information content (AvgIpc) is 2.53. The molecule has 0 fully saturated rings. The second-order valence-electron chi connectivity index (χ2n) is 4.60. The van der Waals surface area contributed by atoms with Crippen molar-refractivity contribution in [1.29, 1.82) is 0 Å². The number of benzene rings is 2. The monoisotopic (exact) mass is 312 g/mol.